The number of anilines is 1. The summed E-state index contributed by atoms with van der Waals surface area (Å²) in [6.07, 6.45) is 11.0. The van der Waals surface area contributed by atoms with Gasteiger partial charge in [0, 0.05) is 25.5 Å². The molecule has 0 unspecified atom stereocenters. The number of hydrogen-bond donors (Lipinski definition) is 1. The third-order valence-electron chi connectivity index (χ3n) is 3.62. The van der Waals surface area contributed by atoms with Gasteiger partial charge < -0.3 is 10.6 Å². The summed E-state index contributed by atoms with van der Waals surface area (Å²) < 4.78 is 0. The zero-order chi connectivity index (χ0) is 13.0. The number of thiocarbonyl (C=S) groups is 1. The van der Waals surface area contributed by atoms with Gasteiger partial charge in [-0.15, -0.1) is 0 Å². The van der Waals surface area contributed by atoms with Crippen molar-refractivity contribution in [1.82, 2.24) is 9.97 Å². The Morgan fingerprint density at radius 1 is 1.22 bits per heavy atom. The van der Waals surface area contributed by atoms with Crippen molar-refractivity contribution in [2.75, 3.05) is 11.9 Å². The van der Waals surface area contributed by atoms with Gasteiger partial charge in [-0.25, -0.2) is 9.97 Å². The second-order valence-corrected chi connectivity index (χ2v) is 5.29. The van der Waals surface area contributed by atoms with Crippen LogP contribution in [0.15, 0.2) is 12.4 Å². The van der Waals surface area contributed by atoms with Gasteiger partial charge in [0.2, 0.25) is 0 Å². The van der Waals surface area contributed by atoms with Crippen molar-refractivity contribution < 1.29 is 0 Å². The molecule has 1 fully saturated rings. The first-order valence-corrected chi connectivity index (χ1v) is 6.94. The van der Waals surface area contributed by atoms with Gasteiger partial charge in [0.25, 0.3) is 0 Å². The van der Waals surface area contributed by atoms with Gasteiger partial charge in [-0.05, 0) is 12.8 Å². The van der Waals surface area contributed by atoms with Gasteiger partial charge in [-0.1, -0.05) is 37.9 Å². The molecule has 1 aliphatic rings. The number of rotatable bonds is 3. The highest BCUT2D eigenvalue weighted by molar-refractivity contribution is 7.80. The van der Waals surface area contributed by atoms with Crippen LogP contribution in [-0.4, -0.2) is 28.0 Å². The minimum atomic E-state index is 0.318. The fraction of sp³-hybridized carbons (Fsp3) is 0.615. The van der Waals surface area contributed by atoms with Crippen LogP contribution in [0.1, 0.15) is 44.2 Å². The van der Waals surface area contributed by atoms with Gasteiger partial charge in [0.05, 0.1) is 0 Å². The van der Waals surface area contributed by atoms with Crippen LogP contribution in [0, 0.1) is 0 Å². The van der Waals surface area contributed by atoms with E-state index in [2.05, 4.69) is 21.9 Å². The highest BCUT2D eigenvalue weighted by Gasteiger charge is 2.21. The van der Waals surface area contributed by atoms with Crippen molar-refractivity contribution in [1.29, 1.82) is 0 Å². The standard InChI is InChI=1S/C13H20N4S/c1-17(10-6-4-2-3-5-7-10)13-11(12(14)18)15-8-9-16-13/h8-10H,2-7H2,1H3,(H2,14,18). The van der Waals surface area contributed by atoms with Crippen LogP contribution >= 0.6 is 12.2 Å². The molecular formula is C13H20N4S. The normalized spacial score (nSPS) is 17.2. The molecule has 1 heterocycles. The minimum Gasteiger partial charge on any atom is -0.388 e. The van der Waals surface area contributed by atoms with Gasteiger partial charge in [0.15, 0.2) is 5.82 Å². The van der Waals surface area contributed by atoms with Crippen LogP contribution in [0.25, 0.3) is 0 Å². The summed E-state index contributed by atoms with van der Waals surface area (Å²) >= 11 is 5.05. The maximum atomic E-state index is 5.72. The first kappa shape index (κ1) is 13.2. The predicted molar refractivity (Wildman–Crippen MR) is 77.8 cm³/mol. The molecule has 0 spiro atoms. The monoisotopic (exact) mass is 264 g/mol. The van der Waals surface area contributed by atoms with Crippen LogP contribution in [0.5, 0.6) is 0 Å². The van der Waals surface area contributed by atoms with E-state index in [1.54, 1.807) is 12.4 Å². The molecule has 0 atom stereocenters. The lowest BCUT2D eigenvalue weighted by Crippen LogP contribution is -2.34. The number of nitrogens with two attached hydrogens (primary N) is 1. The highest BCUT2D eigenvalue weighted by atomic mass is 32.1. The fourth-order valence-corrected chi connectivity index (χ4v) is 2.72. The van der Waals surface area contributed by atoms with Gasteiger partial charge in [-0.3, -0.25) is 0 Å². The number of nitrogens with zero attached hydrogens (tertiary/aromatic N) is 3. The quantitative estimate of drug-likeness (QED) is 0.670. The van der Waals surface area contributed by atoms with Crippen molar-refractivity contribution in [3.05, 3.63) is 18.1 Å². The lowest BCUT2D eigenvalue weighted by molar-refractivity contribution is 0.548. The van der Waals surface area contributed by atoms with Crippen LogP contribution in [0.3, 0.4) is 0 Å². The Bertz CT molecular complexity index is 413. The Morgan fingerprint density at radius 3 is 2.44 bits per heavy atom. The van der Waals surface area contributed by atoms with Gasteiger partial charge >= 0.3 is 0 Å². The van der Waals surface area contributed by atoms with Crippen LogP contribution in [0.4, 0.5) is 5.82 Å². The molecule has 1 aromatic heterocycles. The Hall–Kier alpha value is -1.23. The summed E-state index contributed by atoms with van der Waals surface area (Å²) in [4.78, 5) is 11.2. The van der Waals surface area contributed by atoms with E-state index in [1.165, 1.54) is 38.5 Å². The van der Waals surface area contributed by atoms with E-state index in [0.29, 0.717) is 16.7 Å². The van der Waals surface area contributed by atoms with E-state index in [9.17, 15) is 0 Å². The Balaban J connectivity index is 2.21. The maximum Gasteiger partial charge on any atom is 0.157 e. The smallest absolute Gasteiger partial charge is 0.157 e. The molecule has 0 aliphatic heterocycles. The molecule has 5 heteroatoms. The highest BCUT2D eigenvalue weighted by Crippen LogP contribution is 2.25. The lowest BCUT2D eigenvalue weighted by atomic mass is 10.1. The minimum absolute atomic E-state index is 0.318. The average Bonchev–Trinajstić information content (AvgIpc) is 2.66. The average molecular weight is 264 g/mol. The molecular weight excluding hydrogens is 244 g/mol. The predicted octanol–water partition coefficient (Wildman–Crippen LogP) is 2.27. The van der Waals surface area contributed by atoms with E-state index < -0.39 is 0 Å². The first-order chi connectivity index (χ1) is 8.70. The molecule has 0 radical (unpaired) electrons. The van der Waals surface area contributed by atoms with E-state index in [-0.39, 0.29) is 0 Å². The van der Waals surface area contributed by atoms with Crippen molar-refractivity contribution in [3.63, 3.8) is 0 Å². The van der Waals surface area contributed by atoms with E-state index >= 15 is 0 Å². The van der Waals surface area contributed by atoms with Crippen LogP contribution in [-0.2, 0) is 0 Å². The molecule has 18 heavy (non-hydrogen) atoms. The Morgan fingerprint density at radius 2 is 1.83 bits per heavy atom. The Kier molecular flexibility index (Phi) is 4.47. The molecule has 0 saturated heterocycles. The van der Waals surface area contributed by atoms with Crippen LogP contribution < -0.4 is 10.6 Å². The van der Waals surface area contributed by atoms with Crippen molar-refractivity contribution in [3.8, 4) is 0 Å². The summed E-state index contributed by atoms with van der Waals surface area (Å²) in [7, 11) is 2.07. The van der Waals surface area contributed by atoms with Gasteiger partial charge in [0.1, 0.15) is 10.7 Å². The molecule has 4 nitrogen and oxygen atoms in total. The van der Waals surface area contributed by atoms with Crippen molar-refractivity contribution in [2.24, 2.45) is 5.73 Å². The molecule has 0 bridgehead atoms. The second-order valence-electron chi connectivity index (χ2n) is 4.85. The summed E-state index contributed by atoms with van der Waals surface area (Å²) in [6.45, 7) is 0. The van der Waals surface area contributed by atoms with Crippen molar-refractivity contribution >= 4 is 23.0 Å². The molecule has 2 N–H and O–H groups in total. The van der Waals surface area contributed by atoms with Gasteiger partial charge in [-0.2, -0.15) is 0 Å². The maximum absolute atomic E-state index is 5.72. The number of hydrogen-bond acceptors (Lipinski definition) is 4. The van der Waals surface area contributed by atoms with Crippen LogP contribution in [0.2, 0.25) is 0 Å². The largest absolute Gasteiger partial charge is 0.388 e. The summed E-state index contributed by atoms with van der Waals surface area (Å²) in [5.41, 5.74) is 6.35. The van der Waals surface area contributed by atoms with E-state index in [0.717, 1.165) is 5.82 Å². The zero-order valence-electron chi connectivity index (χ0n) is 10.8. The first-order valence-electron chi connectivity index (χ1n) is 6.54. The third kappa shape index (κ3) is 2.96. The zero-order valence-corrected chi connectivity index (χ0v) is 11.6. The molecule has 0 aromatic carbocycles. The SMILES string of the molecule is CN(c1nccnc1C(N)=S)C1CCCCCC1. The lowest BCUT2D eigenvalue weighted by Gasteiger charge is -2.29. The molecule has 1 aromatic rings. The van der Waals surface area contributed by atoms with E-state index in [1.807, 2.05) is 0 Å². The summed E-state index contributed by atoms with van der Waals surface area (Å²) in [6, 6.07) is 0.525. The molecule has 1 aliphatic carbocycles. The van der Waals surface area contributed by atoms with E-state index in [4.69, 9.17) is 18.0 Å². The number of aromatic nitrogens is 2. The molecule has 0 amide bonds. The summed E-state index contributed by atoms with van der Waals surface area (Å²) in [5, 5.41) is 0. The molecule has 98 valence electrons. The second kappa shape index (κ2) is 6.09. The third-order valence-corrected chi connectivity index (χ3v) is 3.81. The fourth-order valence-electron chi connectivity index (χ4n) is 2.58. The van der Waals surface area contributed by atoms with Crippen molar-refractivity contribution in [2.45, 2.75) is 44.6 Å². The topological polar surface area (TPSA) is 55.0 Å². The summed E-state index contributed by atoms with van der Waals surface area (Å²) in [5.74, 6) is 0.817. The molecule has 2 rings (SSSR count). The molecule has 1 saturated carbocycles. The Labute approximate surface area is 114 Å².